The Balaban J connectivity index is 1.60. The lowest BCUT2D eigenvalue weighted by atomic mass is 9.96. The van der Waals surface area contributed by atoms with Gasteiger partial charge in [-0.2, -0.15) is 4.31 Å². The number of aryl methyl sites for hydroxylation is 1. The third-order valence-corrected chi connectivity index (χ3v) is 7.95. The van der Waals surface area contributed by atoms with Gasteiger partial charge in [0.15, 0.2) is 4.90 Å². The second-order valence-electron chi connectivity index (χ2n) is 7.84. The molecular formula is C24H25N3O4S. The van der Waals surface area contributed by atoms with Gasteiger partial charge < -0.3 is 0 Å². The lowest BCUT2D eigenvalue weighted by Gasteiger charge is -2.39. The minimum Gasteiger partial charge on any atom is -0.290 e. The van der Waals surface area contributed by atoms with Crippen molar-refractivity contribution >= 4 is 15.7 Å². The van der Waals surface area contributed by atoms with Crippen LogP contribution in [0.4, 0.5) is 5.69 Å². The van der Waals surface area contributed by atoms with Crippen molar-refractivity contribution in [1.82, 2.24) is 9.21 Å². The zero-order valence-electron chi connectivity index (χ0n) is 17.8. The van der Waals surface area contributed by atoms with E-state index in [9.17, 15) is 18.5 Å². The van der Waals surface area contributed by atoms with Crippen molar-refractivity contribution in [3.63, 3.8) is 0 Å². The maximum absolute atomic E-state index is 13.4. The first-order valence-corrected chi connectivity index (χ1v) is 11.9. The fourth-order valence-corrected chi connectivity index (χ4v) is 6.12. The zero-order chi connectivity index (χ0) is 22.7. The second-order valence-corrected chi connectivity index (χ2v) is 9.72. The van der Waals surface area contributed by atoms with E-state index in [0.29, 0.717) is 18.7 Å². The summed E-state index contributed by atoms with van der Waals surface area (Å²) >= 11 is 0. The van der Waals surface area contributed by atoms with Crippen LogP contribution in [0.1, 0.15) is 22.7 Å². The SMILES string of the molecule is Cc1cccc([N+](=O)[O-])c1S(=O)(=O)N1CCN(C(c2ccccc2)c2ccccc2)CC1. The standard InChI is InChI=1S/C24H25N3O4S/c1-19-9-8-14-22(27(28)29)24(19)32(30,31)26-17-15-25(16-18-26)23(20-10-4-2-5-11-20)21-12-6-3-7-13-21/h2-14,23H,15-18H2,1H3. The highest BCUT2D eigenvalue weighted by molar-refractivity contribution is 7.89. The number of rotatable bonds is 6. The van der Waals surface area contributed by atoms with E-state index in [2.05, 4.69) is 29.2 Å². The summed E-state index contributed by atoms with van der Waals surface area (Å²) in [5.41, 5.74) is 2.29. The summed E-state index contributed by atoms with van der Waals surface area (Å²) in [5, 5.41) is 11.5. The van der Waals surface area contributed by atoms with Gasteiger partial charge >= 0.3 is 0 Å². The van der Waals surface area contributed by atoms with E-state index in [1.165, 1.54) is 16.4 Å². The molecule has 1 aliphatic heterocycles. The number of nitrogens with zero attached hydrogens (tertiary/aromatic N) is 3. The predicted molar refractivity (Wildman–Crippen MR) is 123 cm³/mol. The van der Waals surface area contributed by atoms with E-state index in [-0.39, 0.29) is 29.7 Å². The molecule has 0 aliphatic carbocycles. The summed E-state index contributed by atoms with van der Waals surface area (Å²) in [6.45, 7) is 3.17. The molecule has 0 bridgehead atoms. The summed E-state index contributed by atoms with van der Waals surface area (Å²) < 4.78 is 28.1. The summed E-state index contributed by atoms with van der Waals surface area (Å²) in [7, 11) is -3.98. The van der Waals surface area contributed by atoms with Crippen LogP contribution < -0.4 is 0 Å². The van der Waals surface area contributed by atoms with E-state index in [1.54, 1.807) is 13.0 Å². The summed E-state index contributed by atoms with van der Waals surface area (Å²) in [6, 6.07) is 24.7. The van der Waals surface area contributed by atoms with Crippen molar-refractivity contribution in [2.45, 2.75) is 17.9 Å². The molecule has 0 spiro atoms. The average molecular weight is 452 g/mol. The second kappa shape index (κ2) is 9.20. The Morgan fingerprint density at radius 3 is 1.84 bits per heavy atom. The van der Waals surface area contributed by atoms with E-state index in [4.69, 9.17) is 0 Å². The quantitative estimate of drug-likeness (QED) is 0.418. The fraction of sp³-hybridized carbons (Fsp3) is 0.250. The van der Waals surface area contributed by atoms with Crippen LogP contribution in [0.2, 0.25) is 0 Å². The van der Waals surface area contributed by atoms with Gasteiger partial charge in [0, 0.05) is 32.2 Å². The van der Waals surface area contributed by atoms with Crippen molar-refractivity contribution < 1.29 is 13.3 Å². The van der Waals surface area contributed by atoms with Gasteiger partial charge in [-0.1, -0.05) is 72.8 Å². The van der Waals surface area contributed by atoms with Crippen molar-refractivity contribution in [2.24, 2.45) is 0 Å². The van der Waals surface area contributed by atoms with Crippen molar-refractivity contribution in [1.29, 1.82) is 0 Å². The third-order valence-electron chi connectivity index (χ3n) is 5.85. The van der Waals surface area contributed by atoms with Gasteiger partial charge in [-0.05, 0) is 23.6 Å². The van der Waals surface area contributed by atoms with Crippen LogP contribution in [-0.2, 0) is 10.0 Å². The monoisotopic (exact) mass is 451 g/mol. The molecule has 0 atom stereocenters. The van der Waals surface area contributed by atoms with Crippen molar-refractivity contribution in [3.05, 3.63) is 106 Å². The first-order valence-electron chi connectivity index (χ1n) is 10.5. The molecule has 0 radical (unpaired) electrons. The lowest BCUT2D eigenvalue weighted by Crippen LogP contribution is -2.49. The minimum absolute atomic E-state index is 0.00931. The highest BCUT2D eigenvalue weighted by atomic mass is 32.2. The largest absolute Gasteiger partial charge is 0.290 e. The van der Waals surface area contributed by atoms with E-state index < -0.39 is 14.9 Å². The van der Waals surface area contributed by atoms with Gasteiger partial charge in [0.05, 0.1) is 11.0 Å². The van der Waals surface area contributed by atoms with Gasteiger partial charge in [0.2, 0.25) is 10.0 Å². The predicted octanol–water partition coefficient (Wildman–Crippen LogP) is 4.00. The van der Waals surface area contributed by atoms with E-state index in [0.717, 1.165) is 11.1 Å². The molecule has 0 amide bonds. The Labute approximate surface area is 188 Å². The highest BCUT2D eigenvalue weighted by Crippen LogP contribution is 2.33. The minimum atomic E-state index is -3.98. The van der Waals surface area contributed by atoms with Crippen LogP contribution in [0, 0.1) is 17.0 Å². The molecule has 0 saturated carbocycles. The topological polar surface area (TPSA) is 83.8 Å². The number of hydrogen-bond acceptors (Lipinski definition) is 5. The van der Waals surface area contributed by atoms with Crippen LogP contribution in [0.5, 0.6) is 0 Å². The molecule has 1 fully saturated rings. The maximum atomic E-state index is 13.4. The van der Waals surface area contributed by atoms with Crippen LogP contribution in [-0.4, -0.2) is 48.7 Å². The fourth-order valence-electron chi connectivity index (χ4n) is 4.33. The van der Waals surface area contributed by atoms with Gasteiger partial charge in [-0.3, -0.25) is 15.0 Å². The number of hydrogen-bond donors (Lipinski definition) is 0. The van der Waals surface area contributed by atoms with Crippen LogP contribution in [0.25, 0.3) is 0 Å². The molecule has 1 aliphatic rings. The molecule has 0 aromatic heterocycles. The molecule has 3 aromatic carbocycles. The molecule has 0 unspecified atom stereocenters. The summed E-state index contributed by atoms with van der Waals surface area (Å²) in [6.07, 6.45) is 0. The zero-order valence-corrected chi connectivity index (χ0v) is 18.6. The molecule has 8 heteroatoms. The first kappa shape index (κ1) is 22.1. The number of piperazine rings is 1. The normalized spacial score (nSPS) is 15.7. The Hall–Kier alpha value is -3.07. The van der Waals surface area contributed by atoms with Crippen LogP contribution >= 0.6 is 0 Å². The van der Waals surface area contributed by atoms with E-state index >= 15 is 0 Å². The molecule has 1 heterocycles. The number of benzene rings is 3. The Kier molecular flexibility index (Phi) is 6.36. The molecule has 32 heavy (non-hydrogen) atoms. The molecule has 7 nitrogen and oxygen atoms in total. The van der Waals surface area contributed by atoms with Crippen LogP contribution in [0.3, 0.4) is 0 Å². The van der Waals surface area contributed by atoms with E-state index in [1.807, 2.05) is 36.4 Å². The van der Waals surface area contributed by atoms with Gasteiger partial charge in [0.25, 0.3) is 5.69 Å². The average Bonchev–Trinajstić information content (AvgIpc) is 2.81. The molecule has 166 valence electrons. The van der Waals surface area contributed by atoms with Crippen molar-refractivity contribution in [3.8, 4) is 0 Å². The Bertz CT molecular complexity index is 1150. The van der Waals surface area contributed by atoms with Gasteiger partial charge in [-0.25, -0.2) is 8.42 Å². The van der Waals surface area contributed by atoms with Crippen LogP contribution in [0.15, 0.2) is 83.8 Å². The third kappa shape index (κ3) is 4.29. The molecule has 0 N–H and O–H groups in total. The number of nitro groups is 1. The highest BCUT2D eigenvalue weighted by Gasteiger charge is 2.36. The molecular weight excluding hydrogens is 426 g/mol. The first-order chi connectivity index (χ1) is 15.4. The maximum Gasteiger partial charge on any atom is 0.289 e. The smallest absolute Gasteiger partial charge is 0.289 e. The number of nitro benzene ring substituents is 1. The molecule has 1 saturated heterocycles. The summed E-state index contributed by atoms with van der Waals surface area (Å²) in [4.78, 5) is 12.9. The number of sulfonamides is 1. The van der Waals surface area contributed by atoms with Crippen molar-refractivity contribution in [2.75, 3.05) is 26.2 Å². The van der Waals surface area contributed by atoms with Gasteiger partial charge in [0.1, 0.15) is 0 Å². The molecule has 3 aromatic rings. The molecule has 4 rings (SSSR count). The van der Waals surface area contributed by atoms with Gasteiger partial charge in [-0.15, -0.1) is 0 Å². The summed E-state index contributed by atoms with van der Waals surface area (Å²) in [5.74, 6) is 0. The lowest BCUT2D eigenvalue weighted by molar-refractivity contribution is -0.387. The Morgan fingerprint density at radius 2 is 1.34 bits per heavy atom. The Morgan fingerprint density at radius 1 is 0.812 bits per heavy atom.